The van der Waals surface area contributed by atoms with Crippen LogP contribution in [-0.4, -0.2) is 55.1 Å². The van der Waals surface area contributed by atoms with Gasteiger partial charge in [0.1, 0.15) is 18.1 Å². The van der Waals surface area contributed by atoms with E-state index in [-0.39, 0.29) is 11.6 Å². The summed E-state index contributed by atoms with van der Waals surface area (Å²) in [5.41, 5.74) is 4.43. The van der Waals surface area contributed by atoms with Crippen LogP contribution >= 0.6 is 0 Å². The summed E-state index contributed by atoms with van der Waals surface area (Å²) in [5.74, 6) is 2.09. The number of aromatic amines is 1. The Balaban J connectivity index is 1.14. The van der Waals surface area contributed by atoms with Crippen molar-refractivity contribution in [2.24, 2.45) is 0 Å². The smallest absolute Gasteiger partial charge is 0.165 e. The van der Waals surface area contributed by atoms with Crippen LogP contribution in [0.5, 0.6) is 17.2 Å². The number of halogens is 1. The normalized spacial score (nSPS) is 17.9. The standard InChI is InChI=1S/C26H28FN3O3/c1-31-22-6-7-25-20(13-22)12-18(17-33-25)15-30-10-8-19(16-30)24-14-21(28-29-24)9-11-32-26-5-3-2-4-23(26)27/h2-7,12-14,19H,8-11,15-17H2,1H3,(H,28,29)/t19-/m1/s1. The minimum Gasteiger partial charge on any atom is -0.497 e. The second-order valence-corrected chi connectivity index (χ2v) is 8.56. The van der Waals surface area contributed by atoms with Crippen LogP contribution in [0.1, 0.15) is 29.3 Å². The lowest BCUT2D eigenvalue weighted by molar-refractivity contribution is 0.304. The first-order valence-corrected chi connectivity index (χ1v) is 11.3. The Morgan fingerprint density at radius 1 is 1.21 bits per heavy atom. The van der Waals surface area contributed by atoms with Gasteiger partial charge in [0, 0.05) is 36.7 Å². The maximum Gasteiger partial charge on any atom is 0.165 e. The maximum absolute atomic E-state index is 13.7. The summed E-state index contributed by atoms with van der Waals surface area (Å²) in [6.45, 7) is 3.92. The summed E-state index contributed by atoms with van der Waals surface area (Å²) < 4.78 is 30.5. The second-order valence-electron chi connectivity index (χ2n) is 8.56. The number of methoxy groups -OCH3 is 1. The number of aromatic nitrogens is 2. The molecule has 0 aliphatic carbocycles. The first-order chi connectivity index (χ1) is 16.2. The monoisotopic (exact) mass is 449 g/mol. The minimum absolute atomic E-state index is 0.283. The number of H-pyrrole nitrogens is 1. The Morgan fingerprint density at radius 2 is 2.12 bits per heavy atom. The van der Waals surface area contributed by atoms with Crippen LogP contribution in [-0.2, 0) is 6.42 Å². The van der Waals surface area contributed by atoms with Crippen molar-refractivity contribution in [1.82, 2.24) is 15.1 Å². The SMILES string of the molecule is COc1ccc2c(c1)C=C(CN1CC[C@@H](c3cc(CCOc4ccccc4F)[nH]n3)C1)CO2. The van der Waals surface area contributed by atoms with Crippen molar-refractivity contribution in [1.29, 1.82) is 0 Å². The van der Waals surface area contributed by atoms with E-state index in [1.807, 2.05) is 18.2 Å². The fraction of sp³-hybridized carbons (Fsp3) is 0.346. The lowest BCUT2D eigenvalue weighted by Crippen LogP contribution is -2.26. The summed E-state index contributed by atoms with van der Waals surface area (Å²) in [5, 5.41) is 7.65. The van der Waals surface area contributed by atoms with Gasteiger partial charge in [0.25, 0.3) is 0 Å². The van der Waals surface area contributed by atoms with Crippen LogP contribution in [0.4, 0.5) is 4.39 Å². The van der Waals surface area contributed by atoms with Crippen molar-refractivity contribution < 1.29 is 18.6 Å². The van der Waals surface area contributed by atoms with Crippen LogP contribution in [0.25, 0.3) is 6.08 Å². The lowest BCUT2D eigenvalue weighted by Gasteiger charge is -2.22. The summed E-state index contributed by atoms with van der Waals surface area (Å²) in [7, 11) is 1.68. The molecule has 1 N–H and O–H groups in total. The highest BCUT2D eigenvalue weighted by molar-refractivity contribution is 5.64. The van der Waals surface area contributed by atoms with Crippen molar-refractivity contribution in [2.45, 2.75) is 18.8 Å². The number of hydrogen-bond acceptors (Lipinski definition) is 5. The highest BCUT2D eigenvalue weighted by Gasteiger charge is 2.27. The predicted molar refractivity (Wildman–Crippen MR) is 124 cm³/mol. The van der Waals surface area contributed by atoms with Crippen molar-refractivity contribution in [3.05, 3.63) is 76.9 Å². The molecule has 2 aromatic carbocycles. The van der Waals surface area contributed by atoms with E-state index in [1.165, 1.54) is 11.6 Å². The van der Waals surface area contributed by atoms with Gasteiger partial charge >= 0.3 is 0 Å². The quantitative estimate of drug-likeness (QED) is 0.551. The molecule has 0 radical (unpaired) electrons. The van der Waals surface area contributed by atoms with Crippen LogP contribution in [0.2, 0.25) is 0 Å². The molecule has 33 heavy (non-hydrogen) atoms. The van der Waals surface area contributed by atoms with E-state index >= 15 is 0 Å². The molecule has 0 spiro atoms. The van der Waals surface area contributed by atoms with Crippen molar-refractivity contribution >= 4 is 6.08 Å². The number of ether oxygens (including phenoxy) is 3. The molecule has 1 atom stereocenters. The number of nitrogens with one attached hydrogen (secondary N) is 1. The number of para-hydroxylation sites is 1. The molecule has 1 fully saturated rings. The Kier molecular flexibility index (Phi) is 6.30. The van der Waals surface area contributed by atoms with E-state index in [4.69, 9.17) is 14.2 Å². The number of fused-ring (bicyclic) bond motifs is 1. The van der Waals surface area contributed by atoms with E-state index in [2.05, 4.69) is 27.2 Å². The topological polar surface area (TPSA) is 59.6 Å². The van der Waals surface area contributed by atoms with Crippen molar-refractivity contribution in [2.75, 3.05) is 40.0 Å². The molecule has 1 aromatic heterocycles. The molecule has 5 rings (SSSR count). The van der Waals surface area contributed by atoms with Crippen LogP contribution < -0.4 is 14.2 Å². The van der Waals surface area contributed by atoms with E-state index in [1.54, 1.807) is 25.3 Å². The Bertz CT molecular complexity index is 1140. The zero-order valence-corrected chi connectivity index (χ0v) is 18.7. The molecule has 0 saturated carbocycles. The average molecular weight is 450 g/mol. The molecule has 2 aliphatic rings. The molecular weight excluding hydrogens is 421 g/mol. The van der Waals surface area contributed by atoms with E-state index < -0.39 is 0 Å². The lowest BCUT2D eigenvalue weighted by atomic mass is 10.0. The van der Waals surface area contributed by atoms with Gasteiger partial charge in [-0.2, -0.15) is 5.10 Å². The fourth-order valence-corrected chi connectivity index (χ4v) is 4.48. The number of hydrogen-bond donors (Lipinski definition) is 1. The predicted octanol–water partition coefficient (Wildman–Crippen LogP) is 4.44. The summed E-state index contributed by atoms with van der Waals surface area (Å²) in [6, 6.07) is 14.5. The molecule has 3 heterocycles. The van der Waals surface area contributed by atoms with Gasteiger partial charge < -0.3 is 14.2 Å². The molecule has 172 valence electrons. The first kappa shape index (κ1) is 21.5. The van der Waals surface area contributed by atoms with Gasteiger partial charge in [0.05, 0.1) is 19.4 Å². The Labute approximate surface area is 193 Å². The maximum atomic E-state index is 13.7. The largest absolute Gasteiger partial charge is 0.497 e. The molecule has 7 heteroatoms. The number of benzene rings is 2. The van der Waals surface area contributed by atoms with Gasteiger partial charge in [-0.1, -0.05) is 12.1 Å². The highest BCUT2D eigenvalue weighted by atomic mass is 19.1. The van der Waals surface area contributed by atoms with Gasteiger partial charge in [-0.15, -0.1) is 0 Å². The molecule has 0 bridgehead atoms. The zero-order chi connectivity index (χ0) is 22.6. The fourth-order valence-electron chi connectivity index (χ4n) is 4.48. The third kappa shape index (κ3) is 5.03. The number of rotatable bonds is 8. The molecule has 6 nitrogen and oxygen atoms in total. The minimum atomic E-state index is -0.338. The molecular formula is C26H28FN3O3. The van der Waals surface area contributed by atoms with Crippen LogP contribution in [0.3, 0.4) is 0 Å². The summed E-state index contributed by atoms with van der Waals surface area (Å²) in [6.07, 6.45) is 3.95. The van der Waals surface area contributed by atoms with Gasteiger partial charge in [-0.3, -0.25) is 10.00 Å². The van der Waals surface area contributed by atoms with Gasteiger partial charge in [0.2, 0.25) is 0 Å². The van der Waals surface area contributed by atoms with Crippen LogP contribution in [0.15, 0.2) is 54.1 Å². The van der Waals surface area contributed by atoms with Gasteiger partial charge in [-0.05, 0) is 61.0 Å². The summed E-state index contributed by atoms with van der Waals surface area (Å²) >= 11 is 0. The molecule has 1 saturated heterocycles. The second kappa shape index (κ2) is 9.67. The van der Waals surface area contributed by atoms with Gasteiger partial charge in [0.15, 0.2) is 11.6 Å². The number of likely N-dealkylation sites (tertiary alicyclic amines) is 1. The van der Waals surface area contributed by atoms with Crippen LogP contribution in [0, 0.1) is 5.82 Å². The van der Waals surface area contributed by atoms with E-state index in [0.29, 0.717) is 25.6 Å². The molecule has 2 aliphatic heterocycles. The van der Waals surface area contributed by atoms with Gasteiger partial charge in [-0.25, -0.2) is 4.39 Å². The Morgan fingerprint density at radius 3 is 3.00 bits per heavy atom. The molecule has 0 unspecified atom stereocenters. The third-order valence-electron chi connectivity index (χ3n) is 6.22. The Hall–Kier alpha value is -3.32. The zero-order valence-electron chi connectivity index (χ0n) is 18.7. The first-order valence-electron chi connectivity index (χ1n) is 11.3. The summed E-state index contributed by atoms with van der Waals surface area (Å²) in [4.78, 5) is 2.46. The molecule has 3 aromatic rings. The highest BCUT2D eigenvalue weighted by Crippen LogP contribution is 2.32. The average Bonchev–Trinajstić information content (AvgIpc) is 3.49. The van der Waals surface area contributed by atoms with Crippen molar-refractivity contribution in [3.63, 3.8) is 0 Å². The number of nitrogens with zero attached hydrogens (tertiary/aromatic N) is 2. The van der Waals surface area contributed by atoms with Crippen molar-refractivity contribution in [3.8, 4) is 17.2 Å². The van der Waals surface area contributed by atoms with E-state index in [9.17, 15) is 4.39 Å². The van der Waals surface area contributed by atoms with E-state index in [0.717, 1.165) is 54.5 Å². The third-order valence-corrected chi connectivity index (χ3v) is 6.22. The molecule has 0 amide bonds.